The predicted octanol–water partition coefficient (Wildman–Crippen LogP) is 2.21. The Kier molecular flexibility index (Phi) is 6.77. The summed E-state index contributed by atoms with van der Waals surface area (Å²) in [5.41, 5.74) is 0. The Morgan fingerprint density at radius 2 is 1.79 bits per heavy atom. The summed E-state index contributed by atoms with van der Waals surface area (Å²) in [6, 6.07) is 0.233. The van der Waals surface area contributed by atoms with Crippen LogP contribution in [-0.2, 0) is 10.0 Å². The van der Waals surface area contributed by atoms with Crippen LogP contribution in [0, 0.1) is 5.92 Å². The van der Waals surface area contributed by atoms with Crippen LogP contribution >= 0.6 is 0 Å². The van der Waals surface area contributed by atoms with Gasteiger partial charge >= 0.3 is 0 Å². The van der Waals surface area contributed by atoms with E-state index in [1.165, 1.54) is 0 Å². The molecular formula is C14H30N2O2S. The second-order valence-corrected chi connectivity index (χ2v) is 8.37. The third-order valence-electron chi connectivity index (χ3n) is 3.79. The van der Waals surface area contributed by atoms with E-state index in [2.05, 4.69) is 19.2 Å². The first-order chi connectivity index (χ1) is 8.89. The molecule has 5 heteroatoms. The lowest BCUT2D eigenvalue weighted by atomic mass is 10.2. The Balaban J connectivity index is 2.81. The van der Waals surface area contributed by atoms with Crippen molar-refractivity contribution in [1.29, 1.82) is 0 Å². The number of nitrogens with one attached hydrogen (secondary N) is 1. The van der Waals surface area contributed by atoms with Gasteiger partial charge in [-0.25, -0.2) is 8.42 Å². The van der Waals surface area contributed by atoms with Gasteiger partial charge in [-0.2, -0.15) is 4.31 Å². The fraction of sp³-hybridized carbons (Fsp3) is 1.00. The lowest BCUT2D eigenvalue weighted by Gasteiger charge is -2.32. The highest BCUT2D eigenvalue weighted by Crippen LogP contribution is 2.28. The molecule has 1 rings (SSSR count). The Hall–Kier alpha value is -0.130. The normalized spacial score (nSPS) is 19.5. The van der Waals surface area contributed by atoms with Crippen molar-refractivity contribution in [1.82, 2.24) is 9.62 Å². The van der Waals surface area contributed by atoms with E-state index in [1.807, 2.05) is 13.8 Å². The van der Waals surface area contributed by atoms with Crippen molar-refractivity contribution in [2.24, 2.45) is 5.92 Å². The summed E-state index contributed by atoms with van der Waals surface area (Å²) in [7, 11) is -3.18. The molecule has 0 spiro atoms. The fourth-order valence-corrected chi connectivity index (χ4v) is 4.62. The lowest BCUT2D eigenvalue weighted by Crippen LogP contribution is -2.47. The number of rotatable bonds is 8. The largest absolute Gasteiger partial charge is 0.316 e. The molecule has 1 fully saturated rings. The second-order valence-electron chi connectivity index (χ2n) is 6.07. The molecule has 0 aromatic heterocycles. The predicted molar refractivity (Wildman–Crippen MR) is 80.7 cm³/mol. The smallest absolute Gasteiger partial charge is 0.218 e. The maximum atomic E-state index is 12.7. The molecule has 0 aromatic carbocycles. The number of sulfonamides is 1. The van der Waals surface area contributed by atoms with Crippen LogP contribution in [0.4, 0.5) is 0 Å². The first-order valence-corrected chi connectivity index (χ1v) is 9.11. The molecule has 0 heterocycles. The van der Waals surface area contributed by atoms with Gasteiger partial charge in [-0.3, -0.25) is 0 Å². The van der Waals surface area contributed by atoms with Gasteiger partial charge in [0.25, 0.3) is 0 Å². The molecule has 0 bridgehead atoms. The van der Waals surface area contributed by atoms with Crippen molar-refractivity contribution in [3.05, 3.63) is 0 Å². The highest BCUT2D eigenvalue weighted by atomic mass is 32.2. The van der Waals surface area contributed by atoms with Gasteiger partial charge in [0, 0.05) is 19.1 Å². The van der Waals surface area contributed by atoms with Gasteiger partial charge in [0.05, 0.1) is 5.25 Å². The molecule has 1 aliphatic carbocycles. The van der Waals surface area contributed by atoms with Gasteiger partial charge < -0.3 is 5.32 Å². The number of hydrogen-bond acceptors (Lipinski definition) is 3. The highest BCUT2D eigenvalue weighted by Gasteiger charge is 2.35. The maximum Gasteiger partial charge on any atom is 0.218 e. The minimum absolute atomic E-state index is 0.233. The molecule has 19 heavy (non-hydrogen) atoms. The average molecular weight is 290 g/mol. The zero-order chi connectivity index (χ0) is 14.5. The highest BCUT2D eigenvalue weighted by molar-refractivity contribution is 7.89. The minimum Gasteiger partial charge on any atom is -0.316 e. The molecule has 1 atom stereocenters. The number of nitrogens with zero attached hydrogens (tertiary/aromatic N) is 1. The molecule has 1 unspecified atom stereocenters. The third kappa shape index (κ3) is 4.72. The van der Waals surface area contributed by atoms with Gasteiger partial charge in [-0.05, 0) is 32.2 Å². The topological polar surface area (TPSA) is 49.4 Å². The summed E-state index contributed by atoms with van der Waals surface area (Å²) in [5.74, 6) is 0.377. The Morgan fingerprint density at radius 1 is 1.21 bits per heavy atom. The molecule has 1 saturated carbocycles. The first kappa shape index (κ1) is 16.9. The van der Waals surface area contributed by atoms with Gasteiger partial charge in [-0.1, -0.05) is 33.6 Å². The summed E-state index contributed by atoms with van der Waals surface area (Å²) in [5, 5.41) is 2.81. The maximum absolute atomic E-state index is 12.7. The Labute approximate surface area is 119 Å². The van der Waals surface area contributed by atoms with Crippen LogP contribution in [0.5, 0.6) is 0 Å². The molecule has 1 aliphatic rings. The van der Waals surface area contributed by atoms with Crippen molar-refractivity contribution >= 4 is 10.0 Å². The molecule has 0 radical (unpaired) electrons. The van der Waals surface area contributed by atoms with E-state index in [1.54, 1.807) is 4.31 Å². The van der Waals surface area contributed by atoms with Crippen molar-refractivity contribution in [3.63, 3.8) is 0 Å². The molecule has 0 saturated heterocycles. The zero-order valence-corrected chi connectivity index (χ0v) is 13.7. The minimum atomic E-state index is -3.18. The monoisotopic (exact) mass is 290 g/mol. The zero-order valence-electron chi connectivity index (χ0n) is 12.9. The summed E-state index contributed by atoms with van der Waals surface area (Å²) in [4.78, 5) is 0. The standard InChI is InChI=1S/C14H30N2O2S/c1-5-15-10-13(4)19(17,18)16(11-12(2)3)14-8-6-7-9-14/h12-15H,5-11H2,1-4H3. The molecule has 4 nitrogen and oxygen atoms in total. The molecular weight excluding hydrogens is 260 g/mol. The van der Waals surface area contributed by atoms with E-state index in [9.17, 15) is 8.42 Å². The van der Waals surface area contributed by atoms with Crippen LogP contribution in [0.3, 0.4) is 0 Å². The summed E-state index contributed by atoms with van der Waals surface area (Å²) >= 11 is 0. The van der Waals surface area contributed by atoms with Crippen LogP contribution < -0.4 is 5.32 Å². The van der Waals surface area contributed by atoms with Gasteiger partial charge in [0.1, 0.15) is 0 Å². The van der Waals surface area contributed by atoms with E-state index in [-0.39, 0.29) is 11.3 Å². The van der Waals surface area contributed by atoms with Crippen LogP contribution in [0.1, 0.15) is 53.4 Å². The Bertz CT molecular complexity index is 348. The fourth-order valence-electron chi connectivity index (χ4n) is 2.70. The second kappa shape index (κ2) is 7.60. The third-order valence-corrected chi connectivity index (χ3v) is 6.08. The van der Waals surface area contributed by atoms with Crippen molar-refractivity contribution in [2.75, 3.05) is 19.6 Å². The average Bonchev–Trinajstić information content (AvgIpc) is 2.85. The van der Waals surface area contributed by atoms with E-state index in [0.717, 1.165) is 32.2 Å². The first-order valence-electron chi connectivity index (χ1n) is 7.61. The van der Waals surface area contributed by atoms with Gasteiger partial charge in [-0.15, -0.1) is 0 Å². The van der Waals surface area contributed by atoms with Gasteiger partial charge in [0.15, 0.2) is 0 Å². The molecule has 0 aromatic rings. The van der Waals surface area contributed by atoms with Crippen LogP contribution in [-0.4, -0.2) is 43.6 Å². The van der Waals surface area contributed by atoms with Crippen molar-refractivity contribution in [2.45, 2.75) is 64.7 Å². The number of hydrogen-bond donors (Lipinski definition) is 1. The van der Waals surface area contributed by atoms with Crippen LogP contribution in [0.2, 0.25) is 0 Å². The summed E-state index contributed by atoms with van der Waals surface area (Å²) in [6.07, 6.45) is 4.38. The van der Waals surface area contributed by atoms with Crippen LogP contribution in [0.15, 0.2) is 0 Å². The quantitative estimate of drug-likeness (QED) is 0.745. The van der Waals surface area contributed by atoms with Crippen LogP contribution in [0.25, 0.3) is 0 Å². The van der Waals surface area contributed by atoms with E-state index in [4.69, 9.17) is 0 Å². The van der Waals surface area contributed by atoms with E-state index >= 15 is 0 Å². The summed E-state index contributed by atoms with van der Waals surface area (Å²) in [6.45, 7) is 10.0. The summed E-state index contributed by atoms with van der Waals surface area (Å²) < 4.78 is 27.3. The molecule has 1 N–H and O–H groups in total. The Morgan fingerprint density at radius 3 is 2.26 bits per heavy atom. The molecule has 114 valence electrons. The molecule has 0 amide bonds. The van der Waals surface area contributed by atoms with Crippen molar-refractivity contribution in [3.8, 4) is 0 Å². The van der Waals surface area contributed by atoms with E-state index < -0.39 is 10.0 Å². The molecule has 0 aliphatic heterocycles. The van der Waals surface area contributed by atoms with Gasteiger partial charge in [0.2, 0.25) is 10.0 Å². The van der Waals surface area contributed by atoms with E-state index in [0.29, 0.717) is 19.0 Å². The van der Waals surface area contributed by atoms with Crippen molar-refractivity contribution < 1.29 is 8.42 Å². The SMILES string of the molecule is CCNCC(C)S(=O)(=O)N(CC(C)C)C1CCCC1. The lowest BCUT2D eigenvalue weighted by molar-refractivity contribution is 0.289.